The lowest BCUT2D eigenvalue weighted by molar-refractivity contribution is 0.0323. The first kappa shape index (κ1) is 14.3. The minimum atomic E-state index is -1.25. The molecule has 0 aliphatic heterocycles. The van der Waals surface area contributed by atoms with E-state index in [1.165, 1.54) is 6.20 Å². The molecule has 0 aliphatic carbocycles. The molecule has 106 valence electrons. The largest absolute Gasteiger partial charge is 0.463 e. The lowest BCUT2D eigenvalue weighted by Gasteiger charge is -2.21. The third-order valence-corrected chi connectivity index (χ3v) is 3.04. The zero-order valence-corrected chi connectivity index (χ0v) is 11.8. The molecule has 0 aliphatic rings. The molecule has 0 saturated heterocycles. The molecule has 0 bridgehead atoms. The van der Waals surface area contributed by atoms with Crippen molar-refractivity contribution in [3.05, 3.63) is 53.2 Å². The van der Waals surface area contributed by atoms with Gasteiger partial charge in [-0.2, -0.15) is 0 Å². The number of aromatic nitrogens is 1. The summed E-state index contributed by atoms with van der Waals surface area (Å²) in [5, 5.41) is 13.0. The summed E-state index contributed by atoms with van der Waals surface area (Å²) in [6, 6.07) is 6.94. The van der Waals surface area contributed by atoms with Crippen molar-refractivity contribution in [2.24, 2.45) is 0 Å². The summed E-state index contributed by atoms with van der Waals surface area (Å²) in [4.78, 5) is 16.0. The van der Waals surface area contributed by atoms with Crippen LogP contribution in [0.15, 0.2) is 34.9 Å². The number of nitrogens with one attached hydrogen (secondary N) is 1. The molecule has 0 aromatic carbocycles. The number of pyridine rings is 1. The SMILES string of the molecule is Cc1ccc(C(=O)NCC(C)(O)c2ccc(C)o2)cn1. The zero-order valence-electron chi connectivity index (χ0n) is 11.8. The van der Waals surface area contributed by atoms with E-state index in [-0.39, 0.29) is 12.5 Å². The van der Waals surface area contributed by atoms with Gasteiger partial charge in [-0.15, -0.1) is 0 Å². The van der Waals surface area contributed by atoms with Gasteiger partial charge in [0.05, 0.1) is 12.1 Å². The Bertz CT molecular complexity index is 600. The Balaban J connectivity index is 2.00. The van der Waals surface area contributed by atoms with Gasteiger partial charge < -0.3 is 14.8 Å². The number of furan rings is 1. The highest BCUT2D eigenvalue weighted by Crippen LogP contribution is 2.22. The van der Waals surface area contributed by atoms with Gasteiger partial charge in [0, 0.05) is 11.9 Å². The molecule has 20 heavy (non-hydrogen) atoms. The molecule has 2 aromatic heterocycles. The van der Waals surface area contributed by atoms with Crippen LogP contribution in [0.2, 0.25) is 0 Å². The number of amides is 1. The van der Waals surface area contributed by atoms with Gasteiger partial charge >= 0.3 is 0 Å². The lowest BCUT2D eigenvalue weighted by atomic mass is 10.0. The molecule has 2 rings (SSSR count). The normalized spacial score (nSPS) is 13.8. The van der Waals surface area contributed by atoms with Crippen LogP contribution >= 0.6 is 0 Å². The van der Waals surface area contributed by atoms with Crippen molar-refractivity contribution in [1.82, 2.24) is 10.3 Å². The Morgan fingerprint density at radius 2 is 2.10 bits per heavy atom. The van der Waals surface area contributed by atoms with Crippen molar-refractivity contribution >= 4 is 5.91 Å². The average Bonchev–Trinajstić information content (AvgIpc) is 2.84. The van der Waals surface area contributed by atoms with E-state index in [1.807, 2.05) is 6.92 Å². The molecule has 0 saturated carbocycles. The number of nitrogens with zero attached hydrogens (tertiary/aromatic N) is 1. The molecule has 0 spiro atoms. The molecule has 0 radical (unpaired) electrons. The highest BCUT2D eigenvalue weighted by Gasteiger charge is 2.27. The summed E-state index contributed by atoms with van der Waals surface area (Å²) in [6.45, 7) is 5.31. The van der Waals surface area contributed by atoms with Gasteiger partial charge in [-0.1, -0.05) is 0 Å². The molecule has 2 aromatic rings. The van der Waals surface area contributed by atoms with Crippen LogP contribution in [-0.4, -0.2) is 22.5 Å². The Morgan fingerprint density at radius 1 is 1.35 bits per heavy atom. The van der Waals surface area contributed by atoms with Gasteiger partial charge in [0.2, 0.25) is 0 Å². The summed E-state index contributed by atoms with van der Waals surface area (Å²) in [7, 11) is 0. The molecule has 5 nitrogen and oxygen atoms in total. The van der Waals surface area contributed by atoms with E-state index >= 15 is 0 Å². The van der Waals surface area contributed by atoms with E-state index < -0.39 is 5.60 Å². The molecular weight excluding hydrogens is 256 g/mol. The summed E-state index contributed by atoms with van der Waals surface area (Å²) in [6.07, 6.45) is 1.51. The molecule has 0 fully saturated rings. The van der Waals surface area contributed by atoms with Crippen molar-refractivity contribution in [2.45, 2.75) is 26.4 Å². The topological polar surface area (TPSA) is 75.4 Å². The van der Waals surface area contributed by atoms with Crippen molar-refractivity contribution in [3.8, 4) is 0 Å². The first-order valence-electron chi connectivity index (χ1n) is 6.38. The molecule has 1 atom stereocenters. The molecular formula is C15H18N2O3. The number of carbonyl (C=O) groups excluding carboxylic acids is 1. The second-order valence-corrected chi connectivity index (χ2v) is 5.06. The summed E-state index contributed by atoms with van der Waals surface area (Å²) >= 11 is 0. The number of carbonyl (C=O) groups is 1. The second-order valence-electron chi connectivity index (χ2n) is 5.06. The van der Waals surface area contributed by atoms with Crippen LogP contribution in [0.3, 0.4) is 0 Å². The van der Waals surface area contributed by atoms with Crippen molar-refractivity contribution < 1.29 is 14.3 Å². The van der Waals surface area contributed by atoms with Crippen LogP contribution in [0, 0.1) is 13.8 Å². The van der Waals surface area contributed by atoms with E-state index in [0.29, 0.717) is 17.1 Å². The zero-order chi connectivity index (χ0) is 14.8. The fraction of sp³-hybridized carbons (Fsp3) is 0.333. The van der Waals surface area contributed by atoms with Crippen LogP contribution in [0.4, 0.5) is 0 Å². The first-order valence-corrected chi connectivity index (χ1v) is 6.38. The molecule has 2 heterocycles. The van der Waals surface area contributed by atoms with E-state index in [9.17, 15) is 9.90 Å². The Morgan fingerprint density at radius 3 is 2.65 bits per heavy atom. The van der Waals surface area contributed by atoms with Crippen molar-refractivity contribution in [2.75, 3.05) is 6.54 Å². The molecule has 1 unspecified atom stereocenters. The maximum absolute atomic E-state index is 11.9. The van der Waals surface area contributed by atoms with Crippen molar-refractivity contribution in [1.29, 1.82) is 0 Å². The quantitative estimate of drug-likeness (QED) is 0.893. The summed E-state index contributed by atoms with van der Waals surface area (Å²) < 4.78 is 5.39. The minimum Gasteiger partial charge on any atom is -0.463 e. The van der Waals surface area contributed by atoms with Crippen LogP contribution < -0.4 is 5.32 Å². The number of rotatable bonds is 4. The molecule has 5 heteroatoms. The maximum Gasteiger partial charge on any atom is 0.252 e. The number of hydrogen-bond acceptors (Lipinski definition) is 4. The smallest absolute Gasteiger partial charge is 0.252 e. The molecule has 1 amide bonds. The van der Waals surface area contributed by atoms with Gasteiger partial charge in [-0.3, -0.25) is 9.78 Å². The van der Waals surface area contributed by atoms with Crippen LogP contribution in [0.1, 0.15) is 34.5 Å². The Hall–Kier alpha value is -2.14. The first-order chi connectivity index (χ1) is 9.38. The second kappa shape index (κ2) is 5.46. The highest BCUT2D eigenvalue weighted by molar-refractivity contribution is 5.93. The van der Waals surface area contributed by atoms with Crippen LogP contribution in [0.5, 0.6) is 0 Å². The van der Waals surface area contributed by atoms with E-state index in [1.54, 1.807) is 38.1 Å². The van der Waals surface area contributed by atoms with Gasteiger partial charge in [0.15, 0.2) is 0 Å². The van der Waals surface area contributed by atoms with Gasteiger partial charge in [0.1, 0.15) is 17.1 Å². The van der Waals surface area contributed by atoms with Gasteiger partial charge in [-0.25, -0.2) is 0 Å². The summed E-state index contributed by atoms with van der Waals surface area (Å²) in [5.41, 5.74) is 0.0591. The predicted molar refractivity (Wildman–Crippen MR) is 74.3 cm³/mol. The number of aliphatic hydroxyl groups is 1. The lowest BCUT2D eigenvalue weighted by Crippen LogP contribution is -2.38. The van der Waals surface area contributed by atoms with E-state index in [2.05, 4.69) is 10.3 Å². The predicted octanol–water partition coefficient (Wildman–Crippen LogP) is 1.93. The average molecular weight is 274 g/mol. The fourth-order valence-corrected chi connectivity index (χ4v) is 1.77. The number of aryl methyl sites for hydroxylation is 2. The Kier molecular flexibility index (Phi) is 3.90. The standard InChI is InChI=1S/C15H18N2O3/c1-10-4-6-12(8-16-10)14(18)17-9-15(3,19)13-7-5-11(2)20-13/h4-8,19H,9H2,1-3H3,(H,17,18). The Labute approximate surface area is 117 Å². The van der Waals surface area contributed by atoms with Gasteiger partial charge in [0.25, 0.3) is 5.91 Å². The van der Waals surface area contributed by atoms with Crippen LogP contribution in [0.25, 0.3) is 0 Å². The highest BCUT2D eigenvalue weighted by atomic mass is 16.4. The maximum atomic E-state index is 11.9. The number of hydrogen-bond donors (Lipinski definition) is 2. The third kappa shape index (κ3) is 3.24. The van der Waals surface area contributed by atoms with Crippen LogP contribution in [-0.2, 0) is 5.60 Å². The third-order valence-electron chi connectivity index (χ3n) is 3.04. The van der Waals surface area contributed by atoms with Crippen molar-refractivity contribution in [3.63, 3.8) is 0 Å². The fourth-order valence-electron chi connectivity index (χ4n) is 1.77. The summed E-state index contributed by atoms with van der Waals surface area (Å²) in [5.74, 6) is 0.868. The van der Waals surface area contributed by atoms with Gasteiger partial charge in [-0.05, 0) is 45.0 Å². The van der Waals surface area contributed by atoms with E-state index in [0.717, 1.165) is 5.69 Å². The minimum absolute atomic E-state index is 0.0622. The molecule has 2 N–H and O–H groups in total. The van der Waals surface area contributed by atoms with E-state index in [4.69, 9.17) is 4.42 Å². The monoisotopic (exact) mass is 274 g/mol.